The first-order valence-corrected chi connectivity index (χ1v) is 8.23. The van der Waals surface area contributed by atoms with E-state index >= 15 is 0 Å². The van der Waals surface area contributed by atoms with Gasteiger partial charge in [-0.1, -0.05) is 0 Å². The van der Waals surface area contributed by atoms with Crippen LogP contribution in [0.2, 0.25) is 0 Å². The quantitative estimate of drug-likeness (QED) is 0.703. The number of nitrogens with one attached hydrogen (secondary N) is 1. The highest BCUT2D eigenvalue weighted by Crippen LogP contribution is 2.32. The number of benzene rings is 1. The van der Waals surface area contributed by atoms with Gasteiger partial charge in [-0.25, -0.2) is 0 Å². The Morgan fingerprint density at radius 1 is 1.44 bits per heavy atom. The first-order chi connectivity index (χ1) is 11.8. The Labute approximate surface area is 145 Å². The molecule has 0 saturated heterocycles. The standard InChI is InChI=1S/C18H22N2O5/c1-10-15(16(22)20-18(2,9-21)17(19)23)13-7-12(5-6-14(13)25-10)24-8-11-3-4-11/h5-7,11,21H,3-4,8-9H2,1-2H3,(H2,19,23)(H,20,22). The number of carbonyl (C=O) groups excluding carboxylic acids is 2. The van der Waals surface area contributed by atoms with Crippen molar-refractivity contribution in [2.45, 2.75) is 32.2 Å². The fourth-order valence-electron chi connectivity index (χ4n) is 2.56. The third-order valence-electron chi connectivity index (χ3n) is 4.49. The van der Waals surface area contributed by atoms with E-state index in [4.69, 9.17) is 14.9 Å². The van der Waals surface area contributed by atoms with Crippen molar-refractivity contribution in [2.24, 2.45) is 11.7 Å². The van der Waals surface area contributed by atoms with Gasteiger partial charge in [-0.2, -0.15) is 0 Å². The van der Waals surface area contributed by atoms with Gasteiger partial charge in [0.1, 0.15) is 22.6 Å². The number of ether oxygens (including phenoxy) is 1. The van der Waals surface area contributed by atoms with Crippen molar-refractivity contribution in [2.75, 3.05) is 13.2 Å². The number of hydrogen-bond donors (Lipinski definition) is 3. The van der Waals surface area contributed by atoms with Crippen LogP contribution >= 0.6 is 0 Å². The van der Waals surface area contributed by atoms with Crippen LogP contribution in [0.5, 0.6) is 5.75 Å². The molecule has 0 aliphatic heterocycles. The summed E-state index contributed by atoms with van der Waals surface area (Å²) in [6.45, 7) is 3.10. The largest absolute Gasteiger partial charge is 0.493 e. The molecular formula is C18H22N2O5. The number of rotatable bonds is 7. The number of aryl methyl sites for hydroxylation is 1. The highest BCUT2D eigenvalue weighted by molar-refractivity contribution is 6.09. The molecular weight excluding hydrogens is 324 g/mol. The van der Waals surface area contributed by atoms with E-state index in [0.29, 0.717) is 40.6 Å². The molecule has 1 aliphatic rings. The van der Waals surface area contributed by atoms with E-state index in [1.807, 2.05) is 0 Å². The van der Waals surface area contributed by atoms with E-state index < -0.39 is 24.0 Å². The molecule has 0 bridgehead atoms. The number of aliphatic hydroxyl groups excluding tert-OH is 1. The molecule has 25 heavy (non-hydrogen) atoms. The lowest BCUT2D eigenvalue weighted by Crippen LogP contribution is -2.57. The van der Waals surface area contributed by atoms with Crippen LogP contribution in [0.1, 0.15) is 35.9 Å². The van der Waals surface area contributed by atoms with Gasteiger partial charge in [0.2, 0.25) is 5.91 Å². The zero-order valence-electron chi connectivity index (χ0n) is 14.3. The Bertz CT molecular complexity index is 824. The molecule has 1 aliphatic carbocycles. The van der Waals surface area contributed by atoms with E-state index in [1.165, 1.54) is 19.8 Å². The molecule has 3 rings (SSSR count). The Kier molecular flexibility index (Phi) is 4.43. The van der Waals surface area contributed by atoms with E-state index in [0.717, 1.165) is 0 Å². The maximum absolute atomic E-state index is 12.7. The van der Waals surface area contributed by atoms with Gasteiger partial charge in [0.05, 0.1) is 18.8 Å². The van der Waals surface area contributed by atoms with E-state index in [2.05, 4.69) is 5.32 Å². The van der Waals surface area contributed by atoms with Crippen molar-refractivity contribution in [3.05, 3.63) is 29.5 Å². The van der Waals surface area contributed by atoms with Crippen LogP contribution < -0.4 is 15.8 Å². The van der Waals surface area contributed by atoms with Gasteiger partial charge < -0.3 is 25.3 Å². The van der Waals surface area contributed by atoms with E-state index in [-0.39, 0.29) is 0 Å². The number of primary amides is 1. The lowest BCUT2D eigenvalue weighted by molar-refractivity contribution is -0.124. The number of hydrogen-bond acceptors (Lipinski definition) is 5. The molecule has 1 aromatic carbocycles. The van der Waals surface area contributed by atoms with Crippen LogP contribution in [0.4, 0.5) is 0 Å². The summed E-state index contributed by atoms with van der Waals surface area (Å²) in [7, 11) is 0. The minimum atomic E-state index is -1.55. The molecule has 134 valence electrons. The summed E-state index contributed by atoms with van der Waals surface area (Å²) < 4.78 is 11.4. The van der Waals surface area contributed by atoms with Crippen molar-refractivity contribution in [3.8, 4) is 5.75 Å². The molecule has 1 unspecified atom stereocenters. The number of amides is 2. The monoisotopic (exact) mass is 346 g/mol. The maximum atomic E-state index is 12.7. The lowest BCUT2D eigenvalue weighted by atomic mass is 10.0. The SMILES string of the molecule is Cc1oc2ccc(OCC3CC3)cc2c1C(=O)NC(C)(CO)C(N)=O. The normalized spacial score (nSPS) is 16.4. The van der Waals surface area contributed by atoms with Crippen molar-refractivity contribution in [1.82, 2.24) is 5.32 Å². The highest BCUT2D eigenvalue weighted by Gasteiger charge is 2.34. The van der Waals surface area contributed by atoms with E-state index in [9.17, 15) is 14.7 Å². The summed E-state index contributed by atoms with van der Waals surface area (Å²) in [6, 6.07) is 5.31. The summed E-state index contributed by atoms with van der Waals surface area (Å²) in [5.41, 5.74) is 4.57. The fourth-order valence-corrected chi connectivity index (χ4v) is 2.56. The molecule has 7 nitrogen and oxygen atoms in total. The molecule has 2 aromatic rings. The Balaban J connectivity index is 1.90. The second-order valence-corrected chi connectivity index (χ2v) is 6.75. The van der Waals surface area contributed by atoms with Crippen LogP contribution in [-0.4, -0.2) is 35.7 Å². The molecule has 1 atom stereocenters. The Morgan fingerprint density at radius 2 is 2.16 bits per heavy atom. The zero-order valence-corrected chi connectivity index (χ0v) is 14.3. The Morgan fingerprint density at radius 3 is 2.76 bits per heavy atom. The fraction of sp³-hybridized carbons (Fsp3) is 0.444. The molecule has 0 radical (unpaired) electrons. The second-order valence-electron chi connectivity index (χ2n) is 6.75. The van der Waals surface area contributed by atoms with Crippen molar-refractivity contribution in [3.63, 3.8) is 0 Å². The zero-order chi connectivity index (χ0) is 18.2. The highest BCUT2D eigenvalue weighted by atomic mass is 16.5. The van der Waals surface area contributed by atoms with Crippen LogP contribution in [0.3, 0.4) is 0 Å². The molecule has 1 aromatic heterocycles. The Hall–Kier alpha value is -2.54. The average molecular weight is 346 g/mol. The summed E-state index contributed by atoms with van der Waals surface area (Å²) in [6.07, 6.45) is 2.38. The van der Waals surface area contributed by atoms with Gasteiger partial charge >= 0.3 is 0 Å². The van der Waals surface area contributed by atoms with Crippen LogP contribution in [0, 0.1) is 12.8 Å². The number of aliphatic hydroxyl groups is 1. The van der Waals surface area contributed by atoms with E-state index in [1.54, 1.807) is 25.1 Å². The first-order valence-electron chi connectivity index (χ1n) is 8.23. The summed E-state index contributed by atoms with van der Waals surface area (Å²) in [5.74, 6) is 0.337. The number of fused-ring (bicyclic) bond motifs is 1. The van der Waals surface area contributed by atoms with Crippen LogP contribution in [0.25, 0.3) is 11.0 Å². The average Bonchev–Trinajstić information content (AvgIpc) is 3.33. The molecule has 1 heterocycles. The molecule has 1 saturated carbocycles. The topological polar surface area (TPSA) is 115 Å². The number of furan rings is 1. The lowest BCUT2D eigenvalue weighted by Gasteiger charge is -2.24. The van der Waals surface area contributed by atoms with Crippen LogP contribution in [0.15, 0.2) is 22.6 Å². The second kappa shape index (κ2) is 6.40. The molecule has 4 N–H and O–H groups in total. The maximum Gasteiger partial charge on any atom is 0.256 e. The summed E-state index contributed by atoms with van der Waals surface area (Å²) in [4.78, 5) is 24.2. The van der Waals surface area contributed by atoms with Crippen molar-refractivity contribution in [1.29, 1.82) is 0 Å². The molecule has 1 fully saturated rings. The van der Waals surface area contributed by atoms with Gasteiger partial charge in [0, 0.05) is 5.39 Å². The van der Waals surface area contributed by atoms with Gasteiger partial charge in [0.15, 0.2) is 0 Å². The molecule has 0 spiro atoms. The van der Waals surface area contributed by atoms with Crippen molar-refractivity contribution >= 4 is 22.8 Å². The minimum absolute atomic E-state index is 0.299. The predicted molar refractivity (Wildman–Crippen MR) is 91.3 cm³/mol. The van der Waals surface area contributed by atoms with Gasteiger partial charge in [0.25, 0.3) is 5.91 Å². The van der Waals surface area contributed by atoms with Crippen LogP contribution in [-0.2, 0) is 4.79 Å². The first kappa shape index (κ1) is 17.3. The number of carbonyl (C=O) groups is 2. The predicted octanol–water partition coefficient (Wildman–Crippen LogP) is 1.50. The summed E-state index contributed by atoms with van der Waals surface area (Å²) in [5, 5.41) is 12.5. The van der Waals surface area contributed by atoms with Gasteiger partial charge in [-0.15, -0.1) is 0 Å². The third-order valence-corrected chi connectivity index (χ3v) is 4.49. The summed E-state index contributed by atoms with van der Waals surface area (Å²) >= 11 is 0. The molecule has 2 amide bonds. The minimum Gasteiger partial charge on any atom is -0.493 e. The smallest absolute Gasteiger partial charge is 0.256 e. The van der Waals surface area contributed by atoms with Gasteiger partial charge in [-0.05, 0) is 50.8 Å². The molecule has 7 heteroatoms. The number of nitrogens with two attached hydrogens (primary N) is 1. The van der Waals surface area contributed by atoms with Gasteiger partial charge in [-0.3, -0.25) is 9.59 Å². The third kappa shape index (κ3) is 3.46. The van der Waals surface area contributed by atoms with Crippen molar-refractivity contribution < 1.29 is 23.8 Å².